The van der Waals surface area contributed by atoms with E-state index in [0.717, 1.165) is 18.4 Å². The van der Waals surface area contributed by atoms with Crippen LogP contribution in [0.2, 0.25) is 0 Å². The lowest BCUT2D eigenvalue weighted by molar-refractivity contribution is -0.147. The molecule has 1 heterocycles. The molecule has 1 aromatic carbocycles. The fourth-order valence-electron chi connectivity index (χ4n) is 2.06. The third kappa shape index (κ3) is 3.11. The van der Waals surface area contributed by atoms with Gasteiger partial charge in [-0.1, -0.05) is 31.0 Å². The number of carbonyl (C=O) groups is 1. The topological polar surface area (TPSA) is 63.5 Å². The van der Waals surface area contributed by atoms with Crippen LogP contribution in [0.5, 0.6) is 0 Å². The Morgan fingerprint density at radius 3 is 2.52 bits per heavy atom. The Kier molecular flexibility index (Phi) is 4.39. The normalized spacial score (nSPS) is 24.6. The first-order valence-corrected chi connectivity index (χ1v) is 8.53. The van der Waals surface area contributed by atoms with Crippen LogP contribution in [0.1, 0.15) is 32.3 Å². The molecular formula is C15H21NO4S. The molecule has 21 heavy (non-hydrogen) atoms. The number of benzene rings is 1. The number of unbranched alkanes of at least 4 members (excludes halogenated alkanes) is 1. The van der Waals surface area contributed by atoms with Gasteiger partial charge in [-0.15, -0.1) is 0 Å². The van der Waals surface area contributed by atoms with Crippen LogP contribution in [0, 0.1) is 6.92 Å². The van der Waals surface area contributed by atoms with Gasteiger partial charge in [0.15, 0.2) is 0 Å². The van der Waals surface area contributed by atoms with E-state index in [1.165, 1.54) is 4.31 Å². The van der Waals surface area contributed by atoms with Crippen molar-refractivity contribution in [1.82, 2.24) is 4.31 Å². The van der Waals surface area contributed by atoms with Crippen molar-refractivity contribution < 1.29 is 17.9 Å². The fourth-order valence-corrected chi connectivity index (χ4v) is 3.82. The number of sulfonamides is 1. The maximum Gasteiger partial charge on any atom is 0.328 e. The molecule has 0 radical (unpaired) electrons. The van der Waals surface area contributed by atoms with Gasteiger partial charge in [0.2, 0.25) is 10.0 Å². The van der Waals surface area contributed by atoms with E-state index in [-0.39, 0.29) is 11.4 Å². The van der Waals surface area contributed by atoms with Gasteiger partial charge in [0.1, 0.15) is 5.54 Å². The monoisotopic (exact) mass is 311 g/mol. The molecule has 116 valence electrons. The van der Waals surface area contributed by atoms with Crippen LogP contribution < -0.4 is 0 Å². The summed E-state index contributed by atoms with van der Waals surface area (Å²) in [6, 6.07) is 6.61. The van der Waals surface area contributed by atoms with Crippen molar-refractivity contribution in [3.8, 4) is 0 Å². The van der Waals surface area contributed by atoms with E-state index in [4.69, 9.17) is 4.74 Å². The molecule has 5 nitrogen and oxygen atoms in total. The molecule has 0 N–H and O–H groups in total. The number of esters is 1. The summed E-state index contributed by atoms with van der Waals surface area (Å²) in [6.45, 7) is 6.01. The molecule has 0 spiro atoms. The van der Waals surface area contributed by atoms with Crippen LogP contribution in [-0.4, -0.2) is 37.4 Å². The summed E-state index contributed by atoms with van der Waals surface area (Å²) in [6.07, 6.45) is 1.71. The second-order valence-electron chi connectivity index (χ2n) is 5.59. The Morgan fingerprint density at radius 2 is 1.95 bits per heavy atom. The van der Waals surface area contributed by atoms with Gasteiger partial charge in [0.25, 0.3) is 0 Å². The molecule has 1 aliphatic rings. The van der Waals surface area contributed by atoms with Crippen molar-refractivity contribution in [2.75, 3.05) is 13.2 Å². The molecule has 1 fully saturated rings. The summed E-state index contributed by atoms with van der Waals surface area (Å²) in [5.74, 6) is -0.466. The first-order valence-electron chi connectivity index (χ1n) is 7.09. The predicted octanol–water partition coefficient (Wildman–Crippen LogP) is 2.10. The van der Waals surface area contributed by atoms with E-state index in [9.17, 15) is 13.2 Å². The highest BCUT2D eigenvalue weighted by Gasteiger charge is 2.62. The van der Waals surface area contributed by atoms with Gasteiger partial charge in [-0.3, -0.25) is 0 Å². The third-order valence-electron chi connectivity index (χ3n) is 3.68. The smallest absolute Gasteiger partial charge is 0.328 e. The molecule has 0 bridgehead atoms. The summed E-state index contributed by atoms with van der Waals surface area (Å²) < 4.78 is 31.3. The van der Waals surface area contributed by atoms with E-state index in [2.05, 4.69) is 0 Å². The largest absolute Gasteiger partial charge is 0.464 e. The second-order valence-corrected chi connectivity index (χ2v) is 7.45. The van der Waals surface area contributed by atoms with Crippen LogP contribution >= 0.6 is 0 Å². The molecule has 2 atom stereocenters. The Labute approximate surface area is 126 Å². The quantitative estimate of drug-likeness (QED) is 0.458. The molecule has 0 saturated carbocycles. The molecular weight excluding hydrogens is 290 g/mol. The van der Waals surface area contributed by atoms with Crippen molar-refractivity contribution in [3.05, 3.63) is 29.8 Å². The summed E-state index contributed by atoms with van der Waals surface area (Å²) >= 11 is 0. The molecule has 1 aromatic rings. The zero-order valence-corrected chi connectivity index (χ0v) is 13.4. The van der Waals surface area contributed by atoms with Crippen LogP contribution in [0.3, 0.4) is 0 Å². The van der Waals surface area contributed by atoms with E-state index in [1.54, 1.807) is 31.2 Å². The average molecular weight is 311 g/mol. The number of aryl methyl sites for hydroxylation is 1. The van der Waals surface area contributed by atoms with Gasteiger partial charge in [-0.05, 0) is 32.4 Å². The van der Waals surface area contributed by atoms with E-state index in [1.807, 2.05) is 13.8 Å². The Hall–Kier alpha value is -1.40. The van der Waals surface area contributed by atoms with Crippen LogP contribution in [0.15, 0.2) is 29.2 Å². The number of hydrogen-bond donors (Lipinski definition) is 0. The number of rotatable bonds is 6. The molecule has 0 aromatic heterocycles. The summed E-state index contributed by atoms with van der Waals surface area (Å²) in [7, 11) is -3.63. The zero-order chi connectivity index (χ0) is 15.7. The van der Waals surface area contributed by atoms with Gasteiger partial charge in [-0.25, -0.2) is 13.2 Å². The molecule has 0 aliphatic carbocycles. The number of nitrogens with zero attached hydrogens (tertiary/aromatic N) is 1. The van der Waals surface area contributed by atoms with Gasteiger partial charge in [-0.2, -0.15) is 4.31 Å². The standard InChI is InChI=1S/C15H21NO4S/c1-4-5-10-20-14(17)15(3)11-16(15)21(18,19)13-8-6-12(2)7-9-13/h6-9H,4-5,10-11H2,1-3H3/t15-,16?/m1/s1. The SMILES string of the molecule is CCCCOC(=O)[C@@]1(C)CN1S(=O)(=O)c1ccc(C)cc1. The van der Waals surface area contributed by atoms with Crippen LogP contribution in [0.25, 0.3) is 0 Å². The van der Waals surface area contributed by atoms with Crippen LogP contribution in [-0.2, 0) is 19.6 Å². The first-order chi connectivity index (χ1) is 9.82. The summed E-state index contributed by atoms with van der Waals surface area (Å²) in [5, 5.41) is 0. The molecule has 1 saturated heterocycles. The van der Waals surface area contributed by atoms with E-state index < -0.39 is 21.5 Å². The minimum Gasteiger partial charge on any atom is -0.464 e. The highest BCUT2D eigenvalue weighted by Crippen LogP contribution is 2.39. The molecule has 1 unspecified atom stereocenters. The summed E-state index contributed by atoms with van der Waals surface area (Å²) in [4.78, 5) is 12.2. The third-order valence-corrected chi connectivity index (χ3v) is 5.66. The summed E-state index contributed by atoms with van der Waals surface area (Å²) in [5.41, 5.74) is -0.0706. The minimum atomic E-state index is -3.63. The molecule has 6 heteroatoms. The lowest BCUT2D eigenvalue weighted by atomic mass is 10.2. The minimum absolute atomic E-state index is 0.175. The van der Waals surface area contributed by atoms with Crippen molar-refractivity contribution in [2.24, 2.45) is 0 Å². The predicted molar refractivity (Wildman–Crippen MR) is 79.3 cm³/mol. The maximum absolute atomic E-state index is 12.5. The highest BCUT2D eigenvalue weighted by atomic mass is 32.2. The lowest BCUT2D eigenvalue weighted by Crippen LogP contribution is -2.31. The Morgan fingerprint density at radius 1 is 1.33 bits per heavy atom. The second kappa shape index (κ2) is 5.77. The van der Waals surface area contributed by atoms with Crippen molar-refractivity contribution in [2.45, 2.75) is 44.0 Å². The maximum atomic E-state index is 12.5. The first kappa shape index (κ1) is 16.0. The lowest BCUT2D eigenvalue weighted by Gasteiger charge is -2.12. The fraction of sp³-hybridized carbons (Fsp3) is 0.533. The number of hydrogen-bond acceptors (Lipinski definition) is 4. The van der Waals surface area contributed by atoms with Gasteiger partial charge >= 0.3 is 5.97 Å². The van der Waals surface area contributed by atoms with Crippen molar-refractivity contribution in [1.29, 1.82) is 0 Å². The average Bonchev–Trinajstić information content (AvgIpc) is 3.14. The van der Waals surface area contributed by atoms with Crippen molar-refractivity contribution >= 4 is 16.0 Å². The highest BCUT2D eigenvalue weighted by molar-refractivity contribution is 7.89. The Bertz CT molecular complexity index is 624. The molecule has 1 aliphatic heterocycles. The van der Waals surface area contributed by atoms with Crippen LogP contribution in [0.4, 0.5) is 0 Å². The number of ether oxygens (including phenoxy) is 1. The van der Waals surface area contributed by atoms with Gasteiger partial charge < -0.3 is 4.74 Å². The molecule has 0 amide bonds. The van der Waals surface area contributed by atoms with Gasteiger partial charge in [0, 0.05) is 6.54 Å². The zero-order valence-electron chi connectivity index (χ0n) is 12.6. The number of carbonyl (C=O) groups excluding carboxylic acids is 1. The van der Waals surface area contributed by atoms with Crippen molar-refractivity contribution in [3.63, 3.8) is 0 Å². The van der Waals surface area contributed by atoms with Gasteiger partial charge in [0.05, 0.1) is 11.5 Å². The molecule has 2 rings (SSSR count). The van der Waals surface area contributed by atoms with E-state index >= 15 is 0 Å². The Balaban J connectivity index is 2.10. The van der Waals surface area contributed by atoms with E-state index in [0.29, 0.717) is 6.61 Å².